The maximum Gasteiger partial charge on any atom is 0.258 e. The van der Waals surface area contributed by atoms with E-state index in [4.69, 9.17) is 4.74 Å². The molecule has 46 heavy (non-hydrogen) atoms. The van der Waals surface area contributed by atoms with Gasteiger partial charge in [0.1, 0.15) is 17.8 Å². The maximum atomic E-state index is 13.7. The van der Waals surface area contributed by atoms with Gasteiger partial charge in [-0.1, -0.05) is 74.5 Å². The molecule has 0 aromatic heterocycles. The Labute approximate surface area is 270 Å². The number of nitrogens with one attached hydrogen (secondary N) is 3. The Morgan fingerprint density at radius 1 is 0.935 bits per heavy atom. The summed E-state index contributed by atoms with van der Waals surface area (Å²) in [5.41, 5.74) is 0.324. The first kappa shape index (κ1) is 34.4. The van der Waals surface area contributed by atoms with Crippen molar-refractivity contribution in [1.82, 2.24) is 20.9 Å². The quantitative estimate of drug-likeness (QED) is 0.242. The molecule has 4 rings (SSSR count). The number of hydrogen-bond donors (Lipinski definition) is 4. The van der Waals surface area contributed by atoms with Gasteiger partial charge >= 0.3 is 0 Å². The van der Waals surface area contributed by atoms with Crippen molar-refractivity contribution in [3.63, 3.8) is 0 Å². The van der Waals surface area contributed by atoms with Crippen molar-refractivity contribution in [2.24, 2.45) is 5.92 Å². The Morgan fingerprint density at radius 3 is 2.28 bits per heavy atom. The molecular formula is C36H46N4O6. The van der Waals surface area contributed by atoms with Gasteiger partial charge in [0.25, 0.3) is 11.8 Å². The van der Waals surface area contributed by atoms with E-state index in [9.17, 15) is 24.3 Å². The first-order valence-electron chi connectivity index (χ1n) is 15.9. The van der Waals surface area contributed by atoms with Gasteiger partial charge in [-0.25, -0.2) is 0 Å². The number of aliphatic hydroxyl groups is 1. The van der Waals surface area contributed by atoms with Crippen LogP contribution in [-0.4, -0.2) is 76.6 Å². The summed E-state index contributed by atoms with van der Waals surface area (Å²) in [6, 6.07) is 19.9. The second kappa shape index (κ2) is 15.2. The fraction of sp³-hybridized carbons (Fsp3) is 0.444. The molecule has 0 aliphatic carbocycles. The first-order chi connectivity index (χ1) is 21.8. The largest absolute Gasteiger partial charge is 0.484 e. The van der Waals surface area contributed by atoms with E-state index >= 15 is 0 Å². The Balaban J connectivity index is 1.45. The number of benzene rings is 3. The molecule has 0 spiro atoms. The van der Waals surface area contributed by atoms with Crippen LogP contribution in [0.15, 0.2) is 72.8 Å². The standard InChI is InChI=1S/C36H46N4O6/c1-23(2)31(38-30(41)22-46-27-18-17-25-14-9-10-15-26(25)21-27)34(44)37-28(20-24-12-7-6-8-13-24)32(42)35(45)40-19-11-16-29(40)33(43)39-36(3,4)5/h6-10,12-15,17-18,21,23,28-29,31-32,42H,11,16,19-20,22H2,1-5H3,(H,37,44)(H,38,41)(H,39,43). The van der Waals surface area contributed by atoms with Crippen LogP contribution in [0.3, 0.4) is 0 Å². The monoisotopic (exact) mass is 630 g/mol. The van der Waals surface area contributed by atoms with Gasteiger partial charge in [-0.15, -0.1) is 0 Å². The van der Waals surface area contributed by atoms with Crippen molar-refractivity contribution < 1.29 is 29.0 Å². The molecule has 10 nitrogen and oxygen atoms in total. The van der Waals surface area contributed by atoms with Gasteiger partial charge in [0, 0.05) is 12.1 Å². The normalized spacial score (nSPS) is 16.8. The molecule has 4 unspecified atom stereocenters. The summed E-state index contributed by atoms with van der Waals surface area (Å²) < 4.78 is 5.72. The highest BCUT2D eigenvalue weighted by Gasteiger charge is 2.41. The van der Waals surface area contributed by atoms with Gasteiger partial charge < -0.3 is 30.7 Å². The minimum Gasteiger partial charge on any atom is -0.484 e. The van der Waals surface area contributed by atoms with Gasteiger partial charge in [0.05, 0.1) is 6.04 Å². The number of carbonyl (C=O) groups is 4. The number of nitrogens with zero attached hydrogens (tertiary/aromatic N) is 1. The molecule has 3 aromatic carbocycles. The zero-order valence-electron chi connectivity index (χ0n) is 27.3. The molecule has 1 aliphatic heterocycles. The minimum atomic E-state index is -1.62. The van der Waals surface area contributed by atoms with Crippen molar-refractivity contribution in [1.29, 1.82) is 0 Å². The molecular weight excluding hydrogens is 584 g/mol. The first-order valence-corrected chi connectivity index (χ1v) is 15.9. The SMILES string of the molecule is CC(C)C(NC(=O)COc1ccc2ccccc2c1)C(=O)NC(Cc1ccccc1)C(O)C(=O)N1CCCC1C(=O)NC(C)(C)C. The van der Waals surface area contributed by atoms with Crippen LogP contribution in [-0.2, 0) is 25.6 Å². The van der Waals surface area contributed by atoms with E-state index in [-0.39, 0.29) is 24.9 Å². The average molecular weight is 631 g/mol. The second-order valence-corrected chi connectivity index (χ2v) is 13.3. The number of fused-ring (bicyclic) bond motifs is 1. The number of hydrogen-bond acceptors (Lipinski definition) is 6. The molecule has 10 heteroatoms. The summed E-state index contributed by atoms with van der Waals surface area (Å²) in [6.07, 6.45) is -0.347. The van der Waals surface area contributed by atoms with Gasteiger partial charge in [-0.05, 0) is 74.4 Å². The van der Waals surface area contributed by atoms with Crippen LogP contribution < -0.4 is 20.7 Å². The van der Waals surface area contributed by atoms with Gasteiger partial charge in [0.15, 0.2) is 12.7 Å². The Hall–Kier alpha value is -4.44. The molecule has 1 heterocycles. The third kappa shape index (κ3) is 9.29. The molecule has 4 N–H and O–H groups in total. The fourth-order valence-corrected chi connectivity index (χ4v) is 5.64. The molecule has 0 radical (unpaired) electrons. The van der Waals surface area contributed by atoms with Crippen molar-refractivity contribution >= 4 is 34.4 Å². The average Bonchev–Trinajstić information content (AvgIpc) is 3.51. The highest BCUT2D eigenvalue weighted by Crippen LogP contribution is 2.22. The van der Waals surface area contributed by atoms with E-state index in [2.05, 4.69) is 16.0 Å². The molecule has 1 saturated heterocycles. The van der Waals surface area contributed by atoms with E-state index in [1.165, 1.54) is 4.90 Å². The topological polar surface area (TPSA) is 137 Å². The van der Waals surface area contributed by atoms with E-state index in [1.807, 2.05) is 87.5 Å². The smallest absolute Gasteiger partial charge is 0.258 e. The molecule has 4 amide bonds. The van der Waals surface area contributed by atoms with Crippen molar-refractivity contribution in [3.8, 4) is 5.75 Å². The van der Waals surface area contributed by atoms with Crippen LogP contribution in [0.2, 0.25) is 0 Å². The number of aliphatic hydroxyl groups excluding tert-OH is 1. The summed E-state index contributed by atoms with van der Waals surface area (Å²) in [4.78, 5) is 54.7. The predicted octanol–water partition coefficient (Wildman–Crippen LogP) is 3.35. The molecule has 1 aliphatic rings. The molecule has 246 valence electrons. The van der Waals surface area contributed by atoms with E-state index in [1.54, 1.807) is 19.9 Å². The van der Waals surface area contributed by atoms with Gasteiger partial charge in [0.2, 0.25) is 11.8 Å². The third-order valence-corrected chi connectivity index (χ3v) is 7.95. The third-order valence-electron chi connectivity index (χ3n) is 7.95. The molecule has 3 aromatic rings. The number of ether oxygens (including phenoxy) is 1. The summed E-state index contributed by atoms with van der Waals surface area (Å²) in [6.45, 7) is 9.22. The summed E-state index contributed by atoms with van der Waals surface area (Å²) in [5.74, 6) is -1.70. The second-order valence-electron chi connectivity index (χ2n) is 13.3. The lowest BCUT2D eigenvalue weighted by molar-refractivity contribution is -0.147. The van der Waals surface area contributed by atoms with Crippen LogP contribution in [0.5, 0.6) is 5.75 Å². The molecule has 0 bridgehead atoms. The fourth-order valence-electron chi connectivity index (χ4n) is 5.64. The zero-order valence-corrected chi connectivity index (χ0v) is 27.3. The van der Waals surface area contributed by atoms with E-state index in [0.29, 0.717) is 25.1 Å². The highest BCUT2D eigenvalue weighted by molar-refractivity contribution is 5.92. The zero-order chi connectivity index (χ0) is 33.4. The van der Waals surface area contributed by atoms with Gasteiger partial charge in [-0.3, -0.25) is 19.2 Å². The van der Waals surface area contributed by atoms with E-state index < -0.39 is 47.5 Å². The number of amides is 4. The minimum absolute atomic E-state index is 0.163. The molecule has 0 saturated carbocycles. The lowest BCUT2D eigenvalue weighted by atomic mass is 9.97. The molecule has 1 fully saturated rings. The van der Waals surface area contributed by atoms with Crippen LogP contribution in [0, 0.1) is 5.92 Å². The maximum absolute atomic E-state index is 13.7. The van der Waals surface area contributed by atoms with Crippen molar-refractivity contribution in [2.45, 2.75) is 83.6 Å². The van der Waals surface area contributed by atoms with Crippen molar-refractivity contribution in [2.75, 3.05) is 13.2 Å². The highest BCUT2D eigenvalue weighted by atomic mass is 16.5. The van der Waals surface area contributed by atoms with Crippen LogP contribution in [0.25, 0.3) is 10.8 Å². The number of rotatable bonds is 12. The molecule has 4 atom stereocenters. The number of carbonyl (C=O) groups excluding carboxylic acids is 4. The van der Waals surface area contributed by atoms with Crippen LogP contribution in [0.4, 0.5) is 0 Å². The Bertz CT molecular complexity index is 1520. The summed E-state index contributed by atoms with van der Waals surface area (Å²) in [7, 11) is 0. The Kier molecular flexibility index (Phi) is 11.4. The van der Waals surface area contributed by atoms with Crippen molar-refractivity contribution in [3.05, 3.63) is 78.4 Å². The lowest BCUT2D eigenvalue weighted by Crippen LogP contribution is -2.59. The van der Waals surface area contributed by atoms with E-state index in [0.717, 1.165) is 16.3 Å². The van der Waals surface area contributed by atoms with Gasteiger partial charge in [-0.2, -0.15) is 0 Å². The Morgan fingerprint density at radius 2 is 1.61 bits per heavy atom. The number of likely N-dealkylation sites (tertiary alicyclic amines) is 1. The summed E-state index contributed by atoms with van der Waals surface area (Å²) in [5, 5.41) is 22.0. The lowest BCUT2D eigenvalue weighted by Gasteiger charge is -2.33. The van der Waals surface area contributed by atoms with Crippen LogP contribution >= 0.6 is 0 Å². The van der Waals surface area contributed by atoms with Crippen LogP contribution in [0.1, 0.15) is 53.0 Å². The predicted molar refractivity (Wildman–Crippen MR) is 177 cm³/mol. The summed E-state index contributed by atoms with van der Waals surface area (Å²) >= 11 is 0.